The predicted molar refractivity (Wildman–Crippen MR) is 143 cm³/mol. The van der Waals surface area contributed by atoms with E-state index in [2.05, 4.69) is 14.9 Å². The lowest BCUT2D eigenvalue weighted by Gasteiger charge is -2.35. The van der Waals surface area contributed by atoms with Crippen LogP contribution in [0.1, 0.15) is 24.0 Å². The zero-order valence-corrected chi connectivity index (χ0v) is 21.7. The summed E-state index contributed by atoms with van der Waals surface area (Å²) in [5.74, 6) is -0.164. The van der Waals surface area contributed by atoms with E-state index in [1.807, 2.05) is 47.0 Å². The first-order valence-corrected chi connectivity index (χ1v) is 12.7. The molecule has 10 heteroatoms. The summed E-state index contributed by atoms with van der Waals surface area (Å²) in [6.07, 6.45) is 2.32. The van der Waals surface area contributed by atoms with Gasteiger partial charge in [0.1, 0.15) is 18.3 Å². The van der Waals surface area contributed by atoms with E-state index in [1.54, 1.807) is 24.1 Å². The number of hydrogen-bond donors (Lipinski definition) is 0. The molecule has 5 rings (SSSR count). The van der Waals surface area contributed by atoms with E-state index in [1.165, 1.54) is 6.07 Å². The molecule has 1 aliphatic heterocycles. The highest BCUT2D eigenvalue weighted by Crippen LogP contribution is 2.27. The second-order valence-corrected chi connectivity index (χ2v) is 9.58. The quantitative estimate of drug-likeness (QED) is 0.346. The number of nitrogens with zero attached hydrogens (tertiary/aromatic N) is 6. The molecule has 4 aromatic rings. The average molecular weight is 533 g/mol. The third kappa shape index (κ3) is 5.55. The van der Waals surface area contributed by atoms with Crippen LogP contribution in [-0.4, -0.2) is 51.5 Å². The van der Waals surface area contributed by atoms with Crippen LogP contribution in [0, 0.1) is 17.1 Å². The van der Waals surface area contributed by atoms with Crippen LogP contribution < -0.4 is 9.64 Å². The lowest BCUT2D eigenvalue weighted by molar-refractivity contribution is -0.129. The Hall–Kier alpha value is -4.16. The molecule has 0 saturated carbocycles. The molecule has 8 nitrogen and oxygen atoms in total. The number of aryl methyl sites for hydroxylation is 2. The second-order valence-electron chi connectivity index (χ2n) is 9.14. The fraction of sp³-hybridized carbons (Fsp3) is 0.286. The van der Waals surface area contributed by atoms with Crippen molar-refractivity contribution in [1.29, 1.82) is 5.26 Å². The van der Waals surface area contributed by atoms with Gasteiger partial charge in [-0.15, -0.1) is 0 Å². The summed E-state index contributed by atoms with van der Waals surface area (Å²) >= 11 is 6.01. The van der Waals surface area contributed by atoms with E-state index >= 15 is 4.39 Å². The van der Waals surface area contributed by atoms with Crippen molar-refractivity contribution in [3.8, 4) is 11.8 Å². The molecule has 0 aliphatic carbocycles. The largest absolute Gasteiger partial charge is 0.484 e. The molecule has 0 atom stereocenters. The minimum atomic E-state index is -0.452. The number of amides is 1. The molecule has 0 N–H and O–H groups in total. The SMILES string of the molecule is CC(=O)N1CCN(c2ccc(OCc3cc4cnc(C#N)nc4n3CCc3ccc(Cl)cc3)c(F)c2)CC1. The number of carbonyl (C=O) groups excluding carboxylic acids is 1. The monoisotopic (exact) mass is 532 g/mol. The lowest BCUT2D eigenvalue weighted by atomic mass is 10.1. The van der Waals surface area contributed by atoms with Gasteiger partial charge in [-0.05, 0) is 42.3 Å². The first-order chi connectivity index (χ1) is 18.4. The average Bonchev–Trinajstić information content (AvgIpc) is 3.28. The number of hydrogen-bond acceptors (Lipinski definition) is 6. The van der Waals surface area contributed by atoms with E-state index in [-0.39, 0.29) is 24.1 Å². The molecular formula is C28H26ClFN6O2. The predicted octanol–water partition coefficient (Wildman–Crippen LogP) is 4.59. The normalized spacial score (nSPS) is 13.5. The van der Waals surface area contributed by atoms with Crippen LogP contribution in [-0.2, 0) is 24.4 Å². The maximum absolute atomic E-state index is 15.0. The first-order valence-electron chi connectivity index (χ1n) is 12.3. The Morgan fingerprint density at radius 2 is 1.89 bits per heavy atom. The molecule has 3 heterocycles. The third-order valence-corrected chi connectivity index (χ3v) is 6.99. The molecule has 0 radical (unpaired) electrons. The van der Waals surface area contributed by atoms with Gasteiger partial charge in [-0.25, -0.2) is 14.4 Å². The zero-order valence-electron chi connectivity index (χ0n) is 20.9. The van der Waals surface area contributed by atoms with Crippen molar-refractivity contribution < 1.29 is 13.9 Å². The molecule has 0 bridgehead atoms. The molecule has 0 unspecified atom stereocenters. The Morgan fingerprint density at radius 3 is 2.58 bits per heavy atom. The van der Waals surface area contributed by atoms with Gasteiger partial charge in [0.25, 0.3) is 0 Å². The van der Waals surface area contributed by atoms with E-state index in [4.69, 9.17) is 16.3 Å². The van der Waals surface area contributed by atoms with Gasteiger partial charge in [-0.2, -0.15) is 5.26 Å². The van der Waals surface area contributed by atoms with Gasteiger partial charge in [0.05, 0.1) is 5.69 Å². The maximum Gasteiger partial charge on any atom is 0.234 e. The highest BCUT2D eigenvalue weighted by atomic mass is 35.5. The van der Waals surface area contributed by atoms with Gasteiger partial charge in [0.2, 0.25) is 11.7 Å². The third-order valence-electron chi connectivity index (χ3n) is 6.74. The number of aromatic nitrogens is 3. The molecule has 194 valence electrons. The Bertz CT molecular complexity index is 1510. The molecule has 2 aromatic carbocycles. The fourth-order valence-electron chi connectivity index (χ4n) is 4.64. The highest BCUT2D eigenvalue weighted by Gasteiger charge is 2.20. The molecule has 0 spiro atoms. The Labute approximate surface area is 224 Å². The number of nitriles is 1. The fourth-order valence-corrected chi connectivity index (χ4v) is 4.77. The summed E-state index contributed by atoms with van der Waals surface area (Å²) in [5, 5.41) is 10.7. The van der Waals surface area contributed by atoms with Crippen LogP contribution in [0.2, 0.25) is 5.02 Å². The Morgan fingerprint density at radius 1 is 1.13 bits per heavy atom. The molecule has 2 aromatic heterocycles. The summed E-state index contributed by atoms with van der Waals surface area (Å²) in [4.78, 5) is 23.9. The van der Waals surface area contributed by atoms with Gasteiger partial charge >= 0.3 is 0 Å². The van der Waals surface area contributed by atoms with Gasteiger partial charge in [0.15, 0.2) is 11.6 Å². The highest BCUT2D eigenvalue weighted by molar-refractivity contribution is 6.30. The molecular weight excluding hydrogens is 507 g/mol. The number of ether oxygens (including phenoxy) is 1. The summed E-state index contributed by atoms with van der Waals surface area (Å²) in [7, 11) is 0. The van der Waals surface area contributed by atoms with E-state index in [0.29, 0.717) is 49.8 Å². The van der Waals surface area contributed by atoms with Crippen LogP contribution in [0.4, 0.5) is 10.1 Å². The topological polar surface area (TPSA) is 87.3 Å². The maximum atomic E-state index is 15.0. The van der Waals surface area contributed by atoms with Crippen molar-refractivity contribution in [3.63, 3.8) is 0 Å². The number of benzene rings is 2. The number of carbonyl (C=O) groups is 1. The molecule has 1 saturated heterocycles. The molecule has 1 fully saturated rings. The smallest absolute Gasteiger partial charge is 0.234 e. The second kappa shape index (κ2) is 11.1. The van der Waals surface area contributed by atoms with Crippen LogP contribution in [0.5, 0.6) is 5.75 Å². The van der Waals surface area contributed by atoms with Crippen LogP contribution in [0.15, 0.2) is 54.7 Å². The molecule has 1 amide bonds. The van der Waals surface area contributed by atoms with Crippen molar-refractivity contribution in [2.45, 2.75) is 26.5 Å². The standard InChI is InChI=1S/C28H26ClFN6O2/c1-19(37)34-10-12-35(13-11-34)23-6-7-26(25(30)15-23)38-18-24-14-21-17-32-27(16-31)33-28(21)36(24)9-8-20-2-4-22(29)5-3-20/h2-7,14-15,17H,8-13,18H2,1H3. The number of rotatable bonds is 7. The summed E-state index contributed by atoms with van der Waals surface area (Å²) in [5.41, 5.74) is 3.28. The van der Waals surface area contributed by atoms with Gasteiger partial charge in [0, 0.05) is 68.0 Å². The summed E-state index contributed by atoms with van der Waals surface area (Å²) < 4.78 is 22.9. The Balaban J connectivity index is 1.33. The van der Waals surface area contributed by atoms with Crippen molar-refractivity contribution in [1.82, 2.24) is 19.4 Å². The zero-order chi connectivity index (χ0) is 26.6. The van der Waals surface area contributed by atoms with Gasteiger partial charge in [-0.1, -0.05) is 23.7 Å². The van der Waals surface area contributed by atoms with Gasteiger partial charge < -0.3 is 19.1 Å². The molecule has 1 aliphatic rings. The number of anilines is 1. The minimum Gasteiger partial charge on any atom is -0.484 e. The van der Waals surface area contributed by atoms with E-state index in [9.17, 15) is 10.1 Å². The molecule has 38 heavy (non-hydrogen) atoms. The van der Waals surface area contributed by atoms with Crippen LogP contribution >= 0.6 is 11.6 Å². The van der Waals surface area contributed by atoms with Crippen LogP contribution in [0.3, 0.4) is 0 Å². The van der Waals surface area contributed by atoms with Crippen molar-refractivity contribution >= 4 is 34.2 Å². The summed E-state index contributed by atoms with van der Waals surface area (Å²) in [6.45, 7) is 4.80. The van der Waals surface area contributed by atoms with Crippen molar-refractivity contribution in [3.05, 3.63) is 82.6 Å². The first kappa shape index (κ1) is 25.5. The Kier molecular flexibility index (Phi) is 7.43. The summed E-state index contributed by atoms with van der Waals surface area (Å²) in [6, 6.07) is 16.5. The van der Waals surface area contributed by atoms with E-state index in [0.717, 1.165) is 22.3 Å². The number of fused-ring (bicyclic) bond motifs is 1. The number of halogens is 2. The van der Waals surface area contributed by atoms with Gasteiger partial charge in [-0.3, -0.25) is 4.79 Å². The lowest BCUT2D eigenvalue weighted by Crippen LogP contribution is -2.48. The van der Waals surface area contributed by atoms with Crippen LogP contribution in [0.25, 0.3) is 11.0 Å². The van der Waals surface area contributed by atoms with Crippen molar-refractivity contribution in [2.75, 3.05) is 31.1 Å². The minimum absolute atomic E-state index is 0.0555. The number of piperazine rings is 1. The van der Waals surface area contributed by atoms with Crippen molar-refractivity contribution in [2.24, 2.45) is 0 Å². The van der Waals surface area contributed by atoms with E-state index < -0.39 is 5.82 Å².